The molecule has 5 nitrogen and oxygen atoms in total. The normalized spacial score (nSPS) is 11.1. The van der Waals surface area contributed by atoms with E-state index in [-0.39, 0.29) is 35.3 Å². The van der Waals surface area contributed by atoms with Crippen molar-refractivity contribution in [2.75, 3.05) is 0 Å². The minimum absolute atomic E-state index is 0. The van der Waals surface area contributed by atoms with Crippen LogP contribution in [0.1, 0.15) is 70.3 Å². The van der Waals surface area contributed by atoms with E-state index in [2.05, 4.69) is 6.92 Å². The zero-order valence-corrected chi connectivity index (χ0v) is 20.9. The molecule has 2 aromatic carbocycles. The average molecular weight is 443 g/mol. The number of ether oxygens (including phenoxy) is 1. The van der Waals surface area contributed by atoms with Crippen LogP contribution in [-0.4, -0.2) is 13.0 Å². The molecule has 1 N–H and O–H groups in total. The maximum Gasteiger partial charge on any atom is 1.00 e. The molecule has 30 heavy (non-hydrogen) atoms. The second-order valence-electron chi connectivity index (χ2n) is 7.39. The van der Waals surface area contributed by atoms with Crippen LogP contribution in [-0.2, 0) is 16.5 Å². The first-order valence-electron chi connectivity index (χ1n) is 10.5. The summed E-state index contributed by atoms with van der Waals surface area (Å²) in [6, 6.07) is 11.2. The molecule has 0 saturated heterocycles. The van der Waals surface area contributed by atoms with Gasteiger partial charge in [-0.05, 0) is 36.6 Å². The van der Waals surface area contributed by atoms with E-state index in [9.17, 15) is 18.1 Å². The van der Waals surface area contributed by atoms with E-state index in [1.807, 2.05) is 18.2 Å². The largest absolute Gasteiger partial charge is 1.00 e. The van der Waals surface area contributed by atoms with Gasteiger partial charge in [0.25, 0.3) is 10.1 Å². The van der Waals surface area contributed by atoms with Crippen molar-refractivity contribution in [3.05, 3.63) is 48.0 Å². The number of hydrogen-bond acceptors (Lipinski definition) is 4. The molecule has 0 unspecified atom stereocenters. The Hall–Kier alpha value is -1.05. The van der Waals surface area contributed by atoms with E-state index in [1.165, 1.54) is 63.5 Å². The molecule has 0 bridgehead atoms. The van der Waals surface area contributed by atoms with Gasteiger partial charge < -0.3 is 9.84 Å². The molecule has 0 aliphatic heterocycles. The molecule has 0 atom stereocenters. The Labute approximate surface area is 202 Å². The maximum absolute atomic E-state index is 11.8. The monoisotopic (exact) mass is 442 g/mol. The van der Waals surface area contributed by atoms with Crippen molar-refractivity contribution in [3.8, 4) is 17.2 Å². The Morgan fingerprint density at radius 2 is 1.50 bits per heavy atom. The molecule has 0 amide bonds. The first-order valence-corrected chi connectivity index (χ1v) is 11.9. The predicted octanol–water partition coefficient (Wildman–Crippen LogP) is 2.88. The van der Waals surface area contributed by atoms with Crippen LogP contribution in [0, 0.1) is 0 Å². The van der Waals surface area contributed by atoms with Crippen molar-refractivity contribution in [2.45, 2.75) is 76.0 Å². The Kier molecular flexibility index (Phi) is 12.7. The molecule has 2 aromatic rings. The zero-order valence-electron chi connectivity index (χ0n) is 18.1. The summed E-state index contributed by atoms with van der Waals surface area (Å²) in [6.07, 6.45) is 12.3. The van der Waals surface area contributed by atoms with E-state index in [4.69, 9.17) is 4.74 Å². The third-order valence-electron chi connectivity index (χ3n) is 4.90. The summed E-state index contributed by atoms with van der Waals surface area (Å²) in [6.45, 7) is 2.23. The van der Waals surface area contributed by atoms with Gasteiger partial charge in [0.05, 0.1) is 0 Å². The van der Waals surface area contributed by atoms with Gasteiger partial charge in [-0.25, -0.2) is 0 Å². The third-order valence-corrected chi connectivity index (χ3v) is 5.81. The van der Waals surface area contributed by atoms with Crippen LogP contribution in [0.25, 0.3) is 0 Å². The molecule has 0 aromatic heterocycles. The second kappa shape index (κ2) is 14.1. The Balaban J connectivity index is 0.00000450. The van der Waals surface area contributed by atoms with Gasteiger partial charge in [-0.3, -0.25) is 4.55 Å². The average Bonchev–Trinajstić information content (AvgIpc) is 2.66. The summed E-state index contributed by atoms with van der Waals surface area (Å²) in [5, 5.41) is 11.8. The molecule has 0 radical (unpaired) electrons. The third kappa shape index (κ3) is 9.40. The van der Waals surface area contributed by atoms with E-state index in [0.29, 0.717) is 5.75 Å². The number of aryl methyl sites for hydroxylation is 1. The number of hydrogen-bond donors (Lipinski definition) is 1. The van der Waals surface area contributed by atoms with E-state index >= 15 is 0 Å². The molecule has 0 aliphatic carbocycles. The summed E-state index contributed by atoms with van der Waals surface area (Å²) < 4.78 is 37.9. The van der Waals surface area contributed by atoms with Crippen molar-refractivity contribution >= 4 is 10.1 Å². The Morgan fingerprint density at radius 1 is 0.900 bits per heavy atom. The van der Waals surface area contributed by atoms with Crippen LogP contribution in [0.5, 0.6) is 17.2 Å². The molecular formula is C23H31NaO5S. The molecule has 0 saturated carbocycles. The van der Waals surface area contributed by atoms with Crippen molar-refractivity contribution in [1.82, 2.24) is 0 Å². The molecule has 0 aliphatic rings. The van der Waals surface area contributed by atoms with Gasteiger partial charge in [0, 0.05) is 0 Å². The van der Waals surface area contributed by atoms with Crippen molar-refractivity contribution < 1.29 is 52.4 Å². The fraction of sp³-hybridized carbons (Fsp3) is 0.478. The van der Waals surface area contributed by atoms with Crippen molar-refractivity contribution in [2.24, 2.45) is 0 Å². The molecule has 0 fully saturated rings. The number of unbranched alkanes of at least 4 members (excludes halogenated alkanes) is 8. The maximum atomic E-state index is 11.8. The summed E-state index contributed by atoms with van der Waals surface area (Å²) >= 11 is 0. The SMILES string of the molecule is CCCCCCCCCCCc1cccc(Oc2cccc([O-])c2S(=O)(=O)O)c1.[Na+]. The van der Waals surface area contributed by atoms with Crippen LogP contribution in [0.15, 0.2) is 47.4 Å². The van der Waals surface area contributed by atoms with Crippen molar-refractivity contribution in [3.63, 3.8) is 0 Å². The molecule has 0 spiro atoms. The quantitative estimate of drug-likeness (QED) is 0.293. The topological polar surface area (TPSA) is 86.7 Å². The summed E-state index contributed by atoms with van der Waals surface area (Å²) in [7, 11) is -4.66. The Bertz CT molecular complexity index is 868. The van der Waals surface area contributed by atoms with E-state index < -0.39 is 20.8 Å². The molecule has 160 valence electrons. The fourth-order valence-electron chi connectivity index (χ4n) is 3.36. The van der Waals surface area contributed by atoms with Gasteiger partial charge >= 0.3 is 29.6 Å². The minimum atomic E-state index is -4.66. The van der Waals surface area contributed by atoms with Gasteiger partial charge in [-0.15, -0.1) is 0 Å². The summed E-state index contributed by atoms with van der Waals surface area (Å²) in [4.78, 5) is -0.732. The van der Waals surface area contributed by atoms with Crippen LogP contribution in [0.4, 0.5) is 0 Å². The molecular weight excluding hydrogens is 411 g/mol. The second-order valence-corrected chi connectivity index (χ2v) is 8.74. The summed E-state index contributed by atoms with van der Waals surface area (Å²) in [5.41, 5.74) is 1.09. The molecule has 0 heterocycles. The Morgan fingerprint density at radius 3 is 2.13 bits per heavy atom. The number of benzene rings is 2. The van der Waals surface area contributed by atoms with Crippen LogP contribution >= 0.6 is 0 Å². The first kappa shape index (κ1) is 27.0. The van der Waals surface area contributed by atoms with Gasteiger partial charge in [0.1, 0.15) is 16.4 Å². The fourth-order valence-corrected chi connectivity index (χ4v) is 4.05. The molecule has 2 rings (SSSR count). The van der Waals surface area contributed by atoms with Crippen molar-refractivity contribution in [1.29, 1.82) is 0 Å². The van der Waals surface area contributed by atoms with Crippen LogP contribution < -0.4 is 39.4 Å². The first-order chi connectivity index (χ1) is 13.9. The van der Waals surface area contributed by atoms with E-state index in [1.54, 1.807) is 6.07 Å². The van der Waals surface area contributed by atoms with E-state index in [0.717, 1.165) is 24.5 Å². The summed E-state index contributed by atoms with van der Waals surface area (Å²) in [5.74, 6) is -0.523. The van der Waals surface area contributed by atoms with Gasteiger partial charge in [-0.1, -0.05) is 88.3 Å². The minimum Gasteiger partial charge on any atom is -0.871 e. The van der Waals surface area contributed by atoms with Gasteiger partial charge in [-0.2, -0.15) is 8.42 Å². The standard InChI is InChI=1S/C23H32O5S.Na/c1-2-3-4-5-6-7-8-9-10-13-19-14-11-15-20(18-19)28-22-17-12-16-21(24)23(22)29(25,26)27;/h11-12,14-18,24H,2-10,13H2,1H3,(H,25,26,27);/q;+1/p-1. The smallest absolute Gasteiger partial charge is 0.871 e. The number of rotatable bonds is 13. The zero-order chi connectivity index (χ0) is 21.1. The van der Waals surface area contributed by atoms with Crippen LogP contribution in [0.2, 0.25) is 0 Å². The van der Waals surface area contributed by atoms with Crippen LogP contribution in [0.3, 0.4) is 0 Å². The molecule has 7 heteroatoms. The predicted molar refractivity (Wildman–Crippen MR) is 113 cm³/mol. The van der Waals surface area contributed by atoms with Gasteiger partial charge in [0.2, 0.25) is 0 Å². The van der Waals surface area contributed by atoms with Gasteiger partial charge in [0.15, 0.2) is 0 Å².